The molecule has 0 aromatic heterocycles. The number of hydrogen-bond donors (Lipinski definition) is 1. The van der Waals surface area contributed by atoms with Crippen LogP contribution in [0.15, 0.2) is 71.1 Å². The smallest absolute Gasteiger partial charge is 0.416 e. The maximum Gasteiger partial charge on any atom is 0.416 e. The Labute approximate surface area is 201 Å². The van der Waals surface area contributed by atoms with E-state index < -0.39 is 29.6 Å². The van der Waals surface area contributed by atoms with E-state index in [9.17, 15) is 27.9 Å². The number of aromatic hydroxyl groups is 1. The molecule has 1 N–H and O–H groups in total. The lowest BCUT2D eigenvalue weighted by Crippen LogP contribution is -2.35. The molecule has 0 spiro atoms. The summed E-state index contributed by atoms with van der Waals surface area (Å²) in [6.07, 6.45) is -4.62. The van der Waals surface area contributed by atoms with Gasteiger partial charge in [-0.25, -0.2) is 9.59 Å². The summed E-state index contributed by atoms with van der Waals surface area (Å²) >= 11 is 0. The van der Waals surface area contributed by atoms with Crippen LogP contribution in [0.4, 0.5) is 18.9 Å². The Kier molecular flexibility index (Phi) is 7.57. The van der Waals surface area contributed by atoms with Crippen LogP contribution < -0.4 is 4.90 Å². The van der Waals surface area contributed by atoms with Crippen LogP contribution in [0.2, 0.25) is 0 Å². The molecule has 186 valence electrons. The molecule has 1 aliphatic rings. The molecule has 0 radical (unpaired) electrons. The van der Waals surface area contributed by atoms with E-state index in [0.29, 0.717) is 17.1 Å². The summed E-state index contributed by atoms with van der Waals surface area (Å²) < 4.78 is 51.1. The molecule has 0 atom stereocenters. The van der Waals surface area contributed by atoms with E-state index in [4.69, 9.17) is 9.47 Å². The first-order chi connectivity index (χ1) is 16.5. The number of rotatable bonds is 6. The number of halogens is 3. The summed E-state index contributed by atoms with van der Waals surface area (Å²) in [7, 11) is 0. The normalized spacial score (nSPS) is 14.9. The molecule has 9 heteroatoms. The molecule has 1 heterocycles. The number of phenols is 1. The van der Waals surface area contributed by atoms with Crippen LogP contribution in [0.1, 0.15) is 44.7 Å². The molecule has 1 aliphatic heterocycles. The largest absolute Gasteiger partial charge is 0.508 e. The lowest BCUT2D eigenvalue weighted by Gasteiger charge is -2.38. The summed E-state index contributed by atoms with van der Waals surface area (Å²) in [5.41, 5.74) is 0.529. The Morgan fingerprint density at radius 3 is 1.89 bits per heavy atom. The molecule has 0 bridgehead atoms. The highest BCUT2D eigenvalue weighted by Crippen LogP contribution is 2.45. The van der Waals surface area contributed by atoms with Crippen molar-refractivity contribution in [2.45, 2.75) is 39.8 Å². The van der Waals surface area contributed by atoms with Crippen molar-refractivity contribution in [1.82, 2.24) is 0 Å². The number of benzene rings is 2. The highest BCUT2D eigenvalue weighted by atomic mass is 19.4. The first-order valence-corrected chi connectivity index (χ1v) is 11.0. The summed E-state index contributed by atoms with van der Waals surface area (Å²) in [4.78, 5) is 28.0. The van der Waals surface area contributed by atoms with Crippen LogP contribution in [0.25, 0.3) is 0 Å². The summed E-state index contributed by atoms with van der Waals surface area (Å²) in [5.74, 6) is -2.65. The summed E-state index contributed by atoms with van der Waals surface area (Å²) in [6.45, 7) is 6.54. The second-order valence-electron chi connectivity index (χ2n) is 7.85. The third kappa shape index (κ3) is 5.18. The molecule has 35 heavy (non-hydrogen) atoms. The highest BCUT2D eigenvalue weighted by molar-refractivity contribution is 6.01. The fraction of sp³-hybridized carbons (Fsp3) is 0.308. The second kappa shape index (κ2) is 10.2. The van der Waals surface area contributed by atoms with Crippen LogP contribution in [-0.4, -0.2) is 30.3 Å². The molecule has 0 saturated heterocycles. The maximum absolute atomic E-state index is 13.5. The highest BCUT2D eigenvalue weighted by Gasteiger charge is 2.42. The maximum atomic E-state index is 13.5. The van der Waals surface area contributed by atoms with Gasteiger partial charge in [0.05, 0.1) is 35.8 Å². The molecule has 2 aromatic carbocycles. The number of carbonyl (C=O) groups is 2. The zero-order chi connectivity index (χ0) is 25.9. The van der Waals surface area contributed by atoms with Gasteiger partial charge in [-0.2, -0.15) is 13.2 Å². The molecule has 3 rings (SSSR count). The monoisotopic (exact) mass is 489 g/mol. The average molecular weight is 489 g/mol. The minimum atomic E-state index is -4.62. The van der Waals surface area contributed by atoms with Crippen molar-refractivity contribution >= 4 is 17.6 Å². The van der Waals surface area contributed by atoms with Gasteiger partial charge in [0.1, 0.15) is 5.75 Å². The molecule has 2 aromatic rings. The summed E-state index contributed by atoms with van der Waals surface area (Å²) in [6, 6.07) is 10.6. The van der Waals surface area contributed by atoms with Crippen molar-refractivity contribution in [1.29, 1.82) is 0 Å². The standard InChI is InChI=1S/C26H26F3NO5/c1-5-34-24(32)21-15(3)30(19-10-12-20(31)13-11-19)16(4)22(25(33)35-6-2)23(21)17-8-7-9-18(14-17)26(27,28)29/h7-14,23,31H,5-6H2,1-4H3. The Balaban J connectivity index is 2.34. The van der Waals surface area contributed by atoms with Gasteiger partial charge < -0.3 is 19.5 Å². The van der Waals surface area contributed by atoms with E-state index in [-0.39, 0.29) is 35.7 Å². The van der Waals surface area contributed by atoms with Gasteiger partial charge in [-0.05, 0) is 63.6 Å². The third-order valence-electron chi connectivity index (χ3n) is 5.67. The molecule has 6 nitrogen and oxygen atoms in total. The predicted octanol–water partition coefficient (Wildman–Crippen LogP) is 5.69. The fourth-order valence-electron chi connectivity index (χ4n) is 4.22. The van der Waals surface area contributed by atoms with Gasteiger partial charge in [-0.15, -0.1) is 0 Å². The van der Waals surface area contributed by atoms with Crippen molar-refractivity contribution in [3.8, 4) is 5.75 Å². The number of ether oxygens (including phenoxy) is 2. The number of hydrogen-bond acceptors (Lipinski definition) is 6. The van der Waals surface area contributed by atoms with Crippen molar-refractivity contribution in [3.63, 3.8) is 0 Å². The Hall–Kier alpha value is -3.75. The minimum absolute atomic E-state index is 0.0205. The van der Waals surface area contributed by atoms with Crippen LogP contribution in [-0.2, 0) is 25.2 Å². The quantitative estimate of drug-likeness (QED) is 0.526. The molecule has 0 saturated carbocycles. The van der Waals surface area contributed by atoms with Crippen LogP contribution in [0, 0.1) is 0 Å². The van der Waals surface area contributed by atoms with E-state index in [1.54, 1.807) is 44.7 Å². The topological polar surface area (TPSA) is 76.1 Å². The lowest BCUT2D eigenvalue weighted by molar-refractivity contribution is -0.139. The number of nitrogens with zero attached hydrogens (tertiary/aromatic N) is 1. The molecule has 0 amide bonds. The Morgan fingerprint density at radius 1 is 0.914 bits per heavy atom. The molecular weight excluding hydrogens is 463 g/mol. The van der Waals surface area contributed by atoms with Crippen molar-refractivity contribution in [2.75, 3.05) is 18.1 Å². The number of esters is 2. The lowest BCUT2D eigenvalue weighted by atomic mass is 9.79. The van der Waals surface area contributed by atoms with Crippen molar-refractivity contribution < 1.29 is 37.3 Å². The second-order valence-corrected chi connectivity index (χ2v) is 7.85. The number of phenolic OH excluding ortho intramolecular Hbond substituents is 1. The summed E-state index contributed by atoms with van der Waals surface area (Å²) in [5, 5.41) is 9.71. The van der Waals surface area contributed by atoms with Gasteiger partial charge >= 0.3 is 18.1 Å². The van der Waals surface area contributed by atoms with E-state index in [2.05, 4.69) is 0 Å². The minimum Gasteiger partial charge on any atom is -0.508 e. The van der Waals surface area contributed by atoms with Gasteiger partial charge in [-0.1, -0.05) is 18.2 Å². The number of anilines is 1. The first-order valence-electron chi connectivity index (χ1n) is 11.0. The van der Waals surface area contributed by atoms with Crippen LogP contribution in [0.5, 0.6) is 5.75 Å². The van der Waals surface area contributed by atoms with Crippen molar-refractivity contribution in [2.24, 2.45) is 0 Å². The Morgan fingerprint density at radius 2 is 1.43 bits per heavy atom. The van der Waals surface area contributed by atoms with Gasteiger partial charge in [0.15, 0.2) is 0 Å². The molecule has 0 fully saturated rings. The zero-order valence-corrected chi connectivity index (χ0v) is 19.8. The van der Waals surface area contributed by atoms with Gasteiger partial charge in [0.2, 0.25) is 0 Å². The SMILES string of the molecule is CCOC(=O)C1=C(C)N(c2ccc(O)cc2)C(C)=C(C(=O)OCC)C1c1cccc(C(F)(F)F)c1. The van der Waals surface area contributed by atoms with Crippen LogP contribution >= 0.6 is 0 Å². The van der Waals surface area contributed by atoms with Crippen LogP contribution in [0.3, 0.4) is 0 Å². The van der Waals surface area contributed by atoms with E-state index in [0.717, 1.165) is 12.1 Å². The Bertz CT molecular complexity index is 1140. The average Bonchev–Trinajstić information content (AvgIpc) is 2.79. The fourth-order valence-corrected chi connectivity index (χ4v) is 4.22. The van der Waals surface area contributed by atoms with Crippen molar-refractivity contribution in [3.05, 3.63) is 82.2 Å². The van der Waals surface area contributed by atoms with Gasteiger partial charge in [0, 0.05) is 17.1 Å². The van der Waals surface area contributed by atoms with E-state index in [1.807, 2.05) is 0 Å². The number of alkyl halides is 3. The molecule has 0 aliphatic carbocycles. The zero-order valence-electron chi connectivity index (χ0n) is 19.8. The molecule has 0 unspecified atom stereocenters. The molecular formula is C26H26F3NO5. The van der Waals surface area contributed by atoms with Gasteiger partial charge in [-0.3, -0.25) is 0 Å². The number of allylic oxidation sites excluding steroid dienone is 2. The first kappa shape index (κ1) is 25.9. The van der Waals surface area contributed by atoms with E-state index >= 15 is 0 Å². The van der Waals surface area contributed by atoms with E-state index in [1.165, 1.54) is 24.3 Å². The van der Waals surface area contributed by atoms with Gasteiger partial charge in [0.25, 0.3) is 0 Å². The predicted molar refractivity (Wildman–Crippen MR) is 123 cm³/mol. The third-order valence-corrected chi connectivity index (χ3v) is 5.67. The number of carbonyl (C=O) groups excluding carboxylic acids is 2.